The molecule has 0 atom stereocenters. The summed E-state index contributed by atoms with van der Waals surface area (Å²) < 4.78 is 13.9. The minimum atomic E-state index is -0.343. The van der Waals surface area contributed by atoms with Crippen LogP contribution in [0.25, 0.3) is 10.2 Å². The molecule has 0 bridgehead atoms. The molecule has 0 saturated carbocycles. The number of thiazole rings is 1. The SMILES string of the molecule is CC(C)c1cc(=O)[nH]c(SCC(=O)Nc2nc3ccc(F)cc3s2)n1. The highest BCUT2D eigenvalue weighted by molar-refractivity contribution is 7.99. The molecule has 3 aromatic rings. The van der Waals surface area contributed by atoms with Crippen molar-refractivity contribution in [2.45, 2.75) is 24.9 Å². The lowest BCUT2D eigenvalue weighted by molar-refractivity contribution is -0.113. The number of benzene rings is 1. The Morgan fingerprint density at radius 3 is 2.92 bits per heavy atom. The number of hydrogen-bond donors (Lipinski definition) is 2. The van der Waals surface area contributed by atoms with Crippen LogP contribution in [0.2, 0.25) is 0 Å². The van der Waals surface area contributed by atoms with Gasteiger partial charge in [-0.15, -0.1) is 0 Å². The fourth-order valence-electron chi connectivity index (χ4n) is 2.06. The van der Waals surface area contributed by atoms with E-state index in [-0.39, 0.29) is 29.0 Å². The van der Waals surface area contributed by atoms with Gasteiger partial charge in [-0.1, -0.05) is 36.9 Å². The van der Waals surface area contributed by atoms with Crippen LogP contribution in [0.15, 0.2) is 34.2 Å². The van der Waals surface area contributed by atoms with Gasteiger partial charge in [-0.05, 0) is 24.1 Å². The highest BCUT2D eigenvalue weighted by Gasteiger charge is 2.11. The number of aromatic amines is 1. The van der Waals surface area contributed by atoms with Crippen molar-refractivity contribution >= 4 is 44.4 Å². The molecule has 2 heterocycles. The van der Waals surface area contributed by atoms with E-state index in [1.54, 1.807) is 6.07 Å². The van der Waals surface area contributed by atoms with E-state index in [1.165, 1.54) is 29.5 Å². The topological polar surface area (TPSA) is 87.7 Å². The van der Waals surface area contributed by atoms with Gasteiger partial charge in [0.1, 0.15) is 5.82 Å². The number of amides is 1. The number of aromatic nitrogens is 3. The molecule has 1 aromatic carbocycles. The summed E-state index contributed by atoms with van der Waals surface area (Å²) >= 11 is 2.35. The zero-order valence-corrected chi connectivity index (χ0v) is 15.1. The van der Waals surface area contributed by atoms with Crippen LogP contribution in [0.1, 0.15) is 25.5 Å². The molecule has 9 heteroatoms. The third kappa shape index (κ3) is 4.43. The average molecular weight is 378 g/mol. The minimum Gasteiger partial charge on any atom is -0.301 e. The standard InChI is InChI=1S/C16H15FN4O2S2/c1-8(2)11-6-13(22)20-15(19-11)24-7-14(23)21-16-18-10-4-3-9(17)5-12(10)25-16/h3-6,8H,7H2,1-2H3,(H,18,21,23)(H,19,20,22). The van der Waals surface area contributed by atoms with Gasteiger partial charge in [0.2, 0.25) is 5.91 Å². The number of nitrogens with one attached hydrogen (secondary N) is 2. The lowest BCUT2D eigenvalue weighted by Crippen LogP contribution is -2.16. The molecule has 0 aliphatic heterocycles. The Morgan fingerprint density at radius 2 is 2.16 bits per heavy atom. The van der Waals surface area contributed by atoms with Crippen LogP contribution >= 0.6 is 23.1 Å². The summed E-state index contributed by atoms with van der Waals surface area (Å²) in [7, 11) is 0. The number of anilines is 1. The number of thioether (sulfide) groups is 1. The maximum absolute atomic E-state index is 13.2. The third-order valence-electron chi connectivity index (χ3n) is 3.27. The van der Waals surface area contributed by atoms with E-state index in [1.807, 2.05) is 13.8 Å². The molecule has 130 valence electrons. The zero-order valence-electron chi connectivity index (χ0n) is 13.5. The van der Waals surface area contributed by atoms with Crippen molar-refractivity contribution in [3.8, 4) is 0 Å². The molecule has 0 fully saturated rings. The summed E-state index contributed by atoms with van der Waals surface area (Å²) in [5.41, 5.74) is 1.07. The van der Waals surface area contributed by atoms with E-state index in [2.05, 4.69) is 20.3 Å². The Morgan fingerprint density at radius 1 is 1.36 bits per heavy atom. The summed E-state index contributed by atoms with van der Waals surface area (Å²) in [6.45, 7) is 3.89. The lowest BCUT2D eigenvalue weighted by Gasteiger charge is -2.06. The number of nitrogens with zero attached hydrogens (tertiary/aromatic N) is 2. The van der Waals surface area contributed by atoms with Gasteiger partial charge < -0.3 is 10.3 Å². The molecule has 2 N–H and O–H groups in total. The highest BCUT2D eigenvalue weighted by atomic mass is 32.2. The Kier molecular flexibility index (Phi) is 5.14. The van der Waals surface area contributed by atoms with Crippen LogP contribution in [0.4, 0.5) is 9.52 Å². The van der Waals surface area contributed by atoms with Crippen molar-refractivity contribution < 1.29 is 9.18 Å². The molecule has 25 heavy (non-hydrogen) atoms. The first kappa shape index (κ1) is 17.6. The fourth-order valence-corrected chi connectivity index (χ4v) is 3.65. The molecule has 0 unspecified atom stereocenters. The molecule has 6 nitrogen and oxygen atoms in total. The number of fused-ring (bicyclic) bond motifs is 1. The van der Waals surface area contributed by atoms with Crippen LogP contribution < -0.4 is 10.9 Å². The van der Waals surface area contributed by atoms with Gasteiger partial charge in [-0.3, -0.25) is 9.59 Å². The van der Waals surface area contributed by atoms with E-state index in [0.717, 1.165) is 11.8 Å². The van der Waals surface area contributed by atoms with Crippen LogP contribution in [0, 0.1) is 5.82 Å². The molecule has 0 saturated heterocycles. The van der Waals surface area contributed by atoms with Crippen molar-refractivity contribution in [1.29, 1.82) is 0 Å². The molecule has 0 radical (unpaired) electrons. The van der Waals surface area contributed by atoms with Gasteiger partial charge in [0.05, 0.1) is 21.7 Å². The molecule has 2 aromatic heterocycles. The molecule has 3 rings (SSSR count). The second kappa shape index (κ2) is 7.32. The van der Waals surface area contributed by atoms with E-state index in [0.29, 0.717) is 26.2 Å². The van der Waals surface area contributed by atoms with E-state index < -0.39 is 0 Å². The predicted molar refractivity (Wildman–Crippen MR) is 97.9 cm³/mol. The summed E-state index contributed by atoms with van der Waals surface area (Å²) in [5.74, 6) is -0.417. The molecule has 0 spiro atoms. The van der Waals surface area contributed by atoms with E-state index in [9.17, 15) is 14.0 Å². The van der Waals surface area contributed by atoms with Gasteiger partial charge in [-0.2, -0.15) is 0 Å². The predicted octanol–water partition coefficient (Wildman–Crippen LogP) is 3.37. The smallest absolute Gasteiger partial charge is 0.251 e. The second-order valence-corrected chi connectivity index (χ2v) is 7.59. The summed E-state index contributed by atoms with van der Waals surface area (Å²) in [5, 5.41) is 3.49. The van der Waals surface area contributed by atoms with E-state index in [4.69, 9.17) is 0 Å². The fraction of sp³-hybridized carbons (Fsp3) is 0.250. The third-order valence-corrected chi connectivity index (χ3v) is 5.08. The van der Waals surface area contributed by atoms with E-state index >= 15 is 0 Å². The molecule has 1 amide bonds. The normalized spacial score (nSPS) is 11.2. The van der Waals surface area contributed by atoms with Gasteiger partial charge in [0.25, 0.3) is 5.56 Å². The lowest BCUT2D eigenvalue weighted by atomic mass is 10.1. The average Bonchev–Trinajstić information content (AvgIpc) is 2.93. The first-order valence-electron chi connectivity index (χ1n) is 7.51. The van der Waals surface area contributed by atoms with Crippen molar-refractivity contribution in [2.24, 2.45) is 0 Å². The zero-order chi connectivity index (χ0) is 18.0. The van der Waals surface area contributed by atoms with Crippen molar-refractivity contribution in [3.63, 3.8) is 0 Å². The largest absolute Gasteiger partial charge is 0.301 e. The van der Waals surface area contributed by atoms with Crippen LogP contribution in [-0.4, -0.2) is 26.6 Å². The van der Waals surface area contributed by atoms with Crippen molar-refractivity contribution in [2.75, 3.05) is 11.1 Å². The summed E-state index contributed by atoms with van der Waals surface area (Å²) in [4.78, 5) is 34.9. The first-order valence-corrected chi connectivity index (χ1v) is 9.31. The minimum absolute atomic E-state index is 0.0781. The molecular formula is C16H15FN4O2S2. The number of halogens is 1. The number of H-pyrrole nitrogens is 1. The van der Waals surface area contributed by atoms with Crippen molar-refractivity contribution in [1.82, 2.24) is 15.0 Å². The Bertz CT molecular complexity index is 984. The number of carbonyl (C=O) groups is 1. The Hall–Kier alpha value is -2.26. The van der Waals surface area contributed by atoms with Gasteiger partial charge in [0.15, 0.2) is 10.3 Å². The highest BCUT2D eigenvalue weighted by Crippen LogP contribution is 2.26. The number of carbonyl (C=O) groups excluding carboxylic acids is 1. The van der Waals surface area contributed by atoms with Gasteiger partial charge in [0, 0.05) is 6.07 Å². The maximum atomic E-state index is 13.2. The molecule has 0 aliphatic rings. The van der Waals surface area contributed by atoms with Crippen molar-refractivity contribution in [3.05, 3.63) is 46.1 Å². The van der Waals surface area contributed by atoms with Gasteiger partial charge >= 0.3 is 0 Å². The number of hydrogen-bond acceptors (Lipinski definition) is 6. The van der Waals surface area contributed by atoms with Crippen LogP contribution in [0.3, 0.4) is 0 Å². The molecule has 0 aliphatic carbocycles. The summed E-state index contributed by atoms with van der Waals surface area (Å²) in [6.07, 6.45) is 0. The summed E-state index contributed by atoms with van der Waals surface area (Å²) in [6, 6.07) is 5.73. The number of rotatable bonds is 5. The van der Waals surface area contributed by atoms with Gasteiger partial charge in [-0.25, -0.2) is 14.4 Å². The van der Waals surface area contributed by atoms with Crippen LogP contribution in [-0.2, 0) is 4.79 Å². The quantitative estimate of drug-likeness (QED) is 0.525. The monoisotopic (exact) mass is 378 g/mol. The maximum Gasteiger partial charge on any atom is 0.251 e. The first-order chi connectivity index (χ1) is 11.9. The Labute approximate surface area is 150 Å². The van der Waals surface area contributed by atoms with Crippen LogP contribution in [0.5, 0.6) is 0 Å². The molecular weight excluding hydrogens is 363 g/mol. The second-order valence-electron chi connectivity index (χ2n) is 5.60. The Balaban J connectivity index is 1.65.